The monoisotopic (exact) mass is 238 g/mol. The summed E-state index contributed by atoms with van der Waals surface area (Å²) in [6, 6.07) is -0.0487. The maximum atomic E-state index is 13.1. The summed E-state index contributed by atoms with van der Waals surface area (Å²) in [4.78, 5) is 0. The van der Waals surface area contributed by atoms with Crippen LogP contribution in [0.25, 0.3) is 0 Å². The molecule has 0 aromatic heterocycles. The van der Waals surface area contributed by atoms with Gasteiger partial charge in [-0.2, -0.15) is 13.2 Å². The standard InChI is InChI=1S/C9H10F4N2O/c10-6-1-4(7(15)3-14)8(16)2-5(6)9(11,12)13/h1-2,7,16H,3,14-15H2/t7-/m0/s1. The summed E-state index contributed by atoms with van der Waals surface area (Å²) in [6.07, 6.45) is -4.85. The highest BCUT2D eigenvalue weighted by Gasteiger charge is 2.35. The Bertz CT molecular complexity index is 392. The third-order valence-corrected chi connectivity index (χ3v) is 2.08. The third kappa shape index (κ3) is 2.42. The Labute approximate surface area is 88.7 Å². The second-order valence-corrected chi connectivity index (χ2v) is 3.23. The van der Waals surface area contributed by atoms with E-state index in [0.717, 1.165) is 0 Å². The molecular formula is C9H10F4N2O. The molecule has 1 rings (SSSR count). The fourth-order valence-corrected chi connectivity index (χ4v) is 1.22. The number of hydrogen-bond acceptors (Lipinski definition) is 3. The van der Waals surface area contributed by atoms with Crippen LogP contribution in [0.4, 0.5) is 17.6 Å². The van der Waals surface area contributed by atoms with E-state index < -0.39 is 29.3 Å². The van der Waals surface area contributed by atoms with Crippen LogP contribution in [0.15, 0.2) is 12.1 Å². The van der Waals surface area contributed by atoms with E-state index >= 15 is 0 Å². The smallest absolute Gasteiger partial charge is 0.419 e. The molecule has 0 saturated heterocycles. The molecule has 0 heterocycles. The van der Waals surface area contributed by atoms with Gasteiger partial charge >= 0.3 is 6.18 Å². The highest BCUT2D eigenvalue weighted by molar-refractivity contribution is 5.40. The molecule has 90 valence electrons. The highest BCUT2D eigenvalue weighted by atomic mass is 19.4. The Balaban J connectivity index is 3.28. The van der Waals surface area contributed by atoms with E-state index in [-0.39, 0.29) is 12.1 Å². The van der Waals surface area contributed by atoms with Crippen molar-refractivity contribution in [3.05, 3.63) is 29.1 Å². The maximum absolute atomic E-state index is 13.1. The van der Waals surface area contributed by atoms with E-state index in [1.165, 1.54) is 0 Å². The molecule has 0 spiro atoms. The zero-order valence-corrected chi connectivity index (χ0v) is 8.05. The molecule has 0 bridgehead atoms. The minimum absolute atomic E-state index is 0.113. The lowest BCUT2D eigenvalue weighted by Crippen LogP contribution is -2.21. The minimum atomic E-state index is -4.85. The van der Waals surface area contributed by atoms with E-state index in [9.17, 15) is 22.7 Å². The van der Waals surface area contributed by atoms with Crippen molar-refractivity contribution in [3.8, 4) is 5.75 Å². The van der Waals surface area contributed by atoms with Crippen molar-refractivity contribution in [2.75, 3.05) is 6.54 Å². The van der Waals surface area contributed by atoms with Gasteiger partial charge in [-0.1, -0.05) is 0 Å². The van der Waals surface area contributed by atoms with Crippen molar-refractivity contribution in [1.82, 2.24) is 0 Å². The Hall–Kier alpha value is -1.34. The van der Waals surface area contributed by atoms with Gasteiger partial charge < -0.3 is 16.6 Å². The van der Waals surface area contributed by atoms with Gasteiger partial charge in [0.15, 0.2) is 0 Å². The Morgan fingerprint density at radius 2 is 1.88 bits per heavy atom. The molecule has 3 nitrogen and oxygen atoms in total. The number of aromatic hydroxyl groups is 1. The van der Waals surface area contributed by atoms with Crippen LogP contribution in [0.2, 0.25) is 0 Å². The van der Waals surface area contributed by atoms with Crippen molar-refractivity contribution in [1.29, 1.82) is 0 Å². The highest BCUT2D eigenvalue weighted by Crippen LogP contribution is 2.36. The predicted octanol–water partition coefficient (Wildman–Crippen LogP) is 1.51. The van der Waals surface area contributed by atoms with Crippen LogP contribution in [0.3, 0.4) is 0 Å². The normalized spacial score (nSPS) is 13.9. The molecule has 1 atom stereocenters. The van der Waals surface area contributed by atoms with Gasteiger partial charge in [0.2, 0.25) is 0 Å². The summed E-state index contributed by atoms with van der Waals surface area (Å²) in [6.45, 7) is -0.113. The number of benzene rings is 1. The number of nitrogens with two attached hydrogens (primary N) is 2. The van der Waals surface area contributed by atoms with Crippen molar-refractivity contribution in [2.45, 2.75) is 12.2 Å². The molecule has 0 aliphatic heterocycles. The van der Waals surface area contributed by atoms with E-state index in [0.29, 0.717) is 12.1 Å². The van der Waals surface area contributed by atoms with Gasteiger partial charge in [0, 0.05) is 18.2 Å². The summed E-state index contributed by atoms with van der Waals surface area (Å²) in [5.41, 5.74) is 8.88. The molecule has 0 amide bonds. The molecule has 0 fully saturated rings. The Morgan fingerprint density at radius 1 is 1.31 bits per heavy atom. The molecule has 0 saturated carbocycles. The number of phenols is 1. The lowest BCUT2D eigenvalue weighted by molar-refractivity contribution is -0.140. The van der Waals surface area contributed by atoms with Gasteiger partial charge in [0.25, 0.3) is 0 Å². The minimum Gasteiger partial charge on any atom is -0.508 e. The molecule has 0 aliphatic carbocycles. The van der Waals surface area contributed by atoms with Crippen molar-refractivity contribution in [3.63, 3.8) is 0 Å². The fraction of sp³-hybridized carbons (Fsp3) is 0.333. The zero-order valence-electron chi connectivity index (χ0n) is 8.05. The van der Waals surface area contributed by atoms with Crippen LogP contribution < -0.4 is 11.5 Å². The summed E-state index contributed by atoms with van der Waals surface area (Å²) in [5.74, 6) is -2.20. The van der Waals surface area contributed by atoms with Crippen LogP contribution in [-0.4, -0.2) is 11.7 Å². The lowest BCUT2D eigenvalue weighted by Gasteiger charge is -2.14. The number of rotatable bonds is 2. The average molecular weight is 238 g/mol. The lowest BCUT2D eigenvalue weighted by atomic mass is 10.0. The number of phenolic OH excluding ortho intramolecular Hbond substituents is 1. The van der Waals surface area contributed by atoms with Gasteiger partial charge in [0.05, 0.1) is 5.56 Å². The molecule has 1 aromatic rings. The fourth-order valence-electron chi connectivity index (χ4n) is 1.22. The molecule has 7 heteroatoms. The third-order valence-electron chi connectivity index (χ3n) is 2.08. The second-order valence-electron chi connectivity index (χ2n) is 3.23. The molecule has 0 unspecified atom stereocenters. The number of hydrogen-bond donors (Lipinski definition) is 3. The first-order chi connectivity index (χ1) is 7.27. The Morgan fingerprint density at radius 3 is 2.31 bits per heavy atom. The van der Waals surface area contributed by atoms with E-state index in [1.807, 2.05) is 0 Å². The van der Waals surface area contributed by atoms with Crippen LogP contribution in [0, 0.1) is 5.82 Å². The van der Waals surface area contributed by atoms with Gasteiger partial charge in [-0.15, -0.1) is 0 Å². The van der Waals surface area contributed by atoms with Gasteiger partial charge in [0.1, 0.15) is 11.6 Å². The molecule has 16 heavy (non-hydrogen) atoms. The summed E-state index contributed by atoms with van der Waals surface area (Å²) in [7, 11) is 0. The second kappa shape index (κ2) is 4.26. The molecule has 0 aliphatic rings. The SMILES string of the molecule is NC[C@H](N)c1cc(F)c(C(F)(F)F)cc1O. The first kappa shape index (κ1) is 12.7. The molecule has 0 radical (unpaired) electrons. The van der Waals surface area contributed by atoms with Crippen molar-refractivity contribution in [2.24, 2.45) is 11.5 Å². The predicted molar refractivity (Wildman–Crippen MR) is 49.0 cm³/mol. The Kier molecular flexibility index (Phi) is 3.39. The van der Waals surface area contributed by atoms with Gasteiger partial charge in [-0.25, -0.2) is 4.39 Å². The van der Waals surface area contributed by atoms with E-state index in [4.69, 9.17) is 11.5 Å². The van der Waals surface area contributed by atoms with Crippen molar-refractivity contribution < 1.29 is 22.7 Å². The number of alkyl halides is 3. The first-order valence-electron chi connectivity index (χ1n) is 4.32. The first-order valence-corrected chi connectivity index (χ1v) is 4.32. The van der Waals surface area contributed by atoms with Gasteiger partial charge in [-0.3, -0.25) is 0 Å². The number of halogens is 4. The zero-order chi connectivity index (χ0) is 12.5. The summed E-state index contributed by atoms with van der Waals surface area (Å²) in [5, 5.41) is 9.28. The van der Waals surface area contributed by atoms with Gasteiger partial charge in [-0.05, 0) is 12.1 Å². The van der Waals surface area contributed by atoms with Crippen LogP contribution >= 0.6 is 0 Å². The van der Waals surface area contributed by atoms with Crippen molar-refractivity contribution >= 4 is 0 Å². The molecule has 1 aromatic carbocycles. The molecular weight excluding hydrogens is 228 g/mol. The average Bonchev–Trinajstić information content (AvgIpc) is 2.18. The summed E-state index contributed by atoms with van der Waals surface area (Å²) >= 11 is 0. The molecule has 5 N–H and O–H groups in total. The largest absolute Gasteiger partial charge is 0.508 e. The van der Waals surface area contributed by atoms with Crippen LogP contribution in [0.5, 0.6) is 5.75 Å². The van der Waals surface area contributed by atoms with Crippen LogP contribution in [0.1, 0.15) is 17.2 Å². The summed E-state index contributed by atoms with van der Waals surface area (Å²) < 4.78 is 49.8. The van der Waals surface area contributed by atoms with E-state index in [2.05, 4.69) is 0 Å². The maximum Gasteiger partial charge on any atom is 0.419 e. The van der Waals surface area contributed by atoms with E-state index in [1.54, 1.807) is 0 Å². The topological polar surface area (TPSA) is 72.3 Å². The van der Waals surface area contributed by atoms with Crippen LogP contribution in [-0.2, 0) is 6.18 Å². The quantitative estimate of drug-likeness (QED) is 0.684.